The number of benzene rings is 2. The number of methoxy groups -OCH3 is 2. The maximum Gasteiger partial charge on any atom is 0.344 e. The summed E-state index contributed by atoms with van der Waals surface area (Å²) in [4.78, 5) is 23.4. The van der Waals surface area contributed by atoms with Crippen LogP contribution < -0.4 is 18.9 Å². The number of carbonyl (C=O) groups is 2. The number of carboxylic acid groups (broad SMARTS) is 1. The Morgan fingerprint density at radius 1 is 1.11 bits per heavy atom. The summed E-state index contributed by atoms with van der Waals surface area (Å²) in [5.41, 5.74) is 1.09. The monoisotopic (exact) mass is 370 g/mol. The van der Waals surface area contributed by atoms with Crippen molar-refractivity contribution >= 4 is 17.8 Å². The Kier molecular flexibility index (Phi) is 5.03. The third kappa shape index (κ3) is 3.72. The highest BCUT2D eigenvalue weighted by atomic mass is 16.5. The standard InChI is InChI=1S/C20H18O7/c1-11(20(22)23)26-13-5-6-14-16(10-13)27-18(19(14)21)9-12-4-7-15(24-2)17(8-12)25-3/h4-11H,1-3H3,(H,22,23)/b18-9-/t11-/m1/s1. The quantitative estimate of drug-likeness (QED) is 0.781. The number of ketones is 1. The topological polar surface area (TPSA) is 91.3 Å². The van der Waals surface area contributed by atoms with Crippen molar-refractivity contribution in [3.05, 3.63) is 53.3 Å². The van der Waals surface area contributed by atoms with E-state index >= 15 is 0 Å². The van der Waals surface area contributed by atoms with Crippen molar-refractivity contribution in [1.29, 1.82) is 0 Å². The molecular weight excluding hydrogens is 352 g/mol. The molecule has 0 aliphatic carbocycles. The van der Waals surface area contributed by atoms with Gasteiger partial charge in [0.15, 0.2) is 23.4 Å². The molecule has 0 bridgehead atoms. The molecule has 0 spiro atoms. The maximum absolute atomic E-state index is 12.5. The molecule has 0 aromatic heterocycles. The highest BCUT2D eigenvalue weighted by Gasteiger charge is 2.28. The fraction of sp³-hybridized carbons (Fsp3) is 0.200. The van der Waals surface area contributed by atoms with Crippen LogP contribution in [0, 0.1) is 0 Å². The van der Waals surface area contributed by atoms with E-state index < -0.39 is 12.1 Å². The van der Waals surface area contributed by atoms with E-state index in [1.165, 1.54) is 20.1 Å². The number of hydrogen-bond acceptors (Lipinski definition) is 6. The Morgan fingerprint density at radius 3 is 2.52 bits per heavy atom. The normalized spacial score (nSPS) is 15.1. The zero-order valence-corrected chi connectivity index (χ0v) is 15.0. The lowest BCUT2D eigenvalue weighted by molar-refractivity contribution is -0.144. The predicted molar refractivity (Wildman–Crippen MR) is 96.6 cm³/mol. The van der Waals surface area contributed by atoms with Crippen molar-refractivity contribution in [2.75, 3.05) is 14.2 Å². The van der Waals surface area contributed by atoms with Gasteiger partial charge in [0.2, 0.25) is 5.78 Å². The zero-order valence-electron chi connectivity index (χ0n) is 15.0. The zero-order chi connectivity index (χ0) is 19.6. The van der Waals surface area contributed by atoms with Crippen LogP contribution in [0.15, 0.2) is 42.2 Å². The molecular formula is C20H18O7. The molecule has 2 aromatic carbocycles. The Labute approximate surface area is 155 Å². The molecule has 0 radical (unpaired) electrons. The molecule has 2 aromatic rings. The van der Waals surface area contributed by atoms with Gasteiger partial charge in [0.1, 0.15) is 11.5 Å². The van der Waals surface area contributed by atoms with Crippen molar-refractivity contribution in [2.24, 2.45) is 0 Å². The van der Waals surface area contributed by atoms with E-state index in [4.69, 9.17) is 24.1 Å². The molecule has 1 heterocycles. The van der Waals surface area contributed by atoms with E-state index in [9.17, 15) is 9.59 Å². The average Bonchev–Trinajstić information content (AvgIpc) is 2.96. The fourth-order valence-electron chi connectivity index (χ4n) is 2.59. The molecule has 1 N–H and O–H groups in total. The van der Waals surface area contributed by atoms with Gasteiger partial charge < -0.3 is 24.1 Å². The van der Waals surface area contributed by atoms with E-state index in [1.54, 1.807) is 43.5 Å². The predicted octanol–water partition coefficient (Wildman–Crippen LogP) is 3.17. The molecule has 140 valence electrons. The molecule has 0 fully saturated rings. The van der Waals surface area contributed by atoms with Gasteiger partial charge in [-0.2, -0.15) is 0 Å². The summed E-state index contributed by atoms with van der Waals surface area (Å²) in [7, 11) is 3.07. The third-order valence-electron chi connectivity index (χ3n) is 4.01. The number of Topliss-reactive ketones (excluding diaryl/α,β-unsaturated/α-hetero) is 1. The van der Waals surface area contributed by atoms with E-state index in [2.05, 4.69) is 0 Å². The van der Waals surface area contributed by atoms with Gasteiger partial charge >= 0.3 is 5.97 Å². The minimum atomic E-state index is -1.08. The highest BCUT2D eigenvalue weighted by Crippen LogP contribution is 2.36. The van der Waals surface area contributed by atoms with Gasteiger partial charge in [0.05, 0.1) is 19.8 Å². The first-order valence-corrected chi connectivity index (χ1v) is 8.12. The van der Waals surface area contributed by atoms with Crippen LogP contribution >= 0.6 is 0 Å². The smallest absolute Gasteiger partial charge is 0.344 e. The van der Waals surface area contributed by atoms with Crippen molar-refractivity contribution in [3.63, 3.8) is 0 Å². The number of aliphatic carboxylic acids is 1. The minimum Gasteiger partial charge on any atom is -0.493 e. The molecule has 1 aliphatic rings. The second-order valence-corrected chi connectivity index (χ2v) is 5.81. The molecule has 7 heteroatoms. The second-order valence-electron chi connectivity index (χ2n) is 5.81. The van der Waals surface area contributed by atoms with Gasteiger partial charge in [-0.25, -0.2) is 4.79 Å². The van der Waals surface area contributed by atoms with Crippen LogP contribution in [0.25, 0.3) is 6.08 Å². The Balaban J connectivity index is 1.86. The van der Waals surface area contributed by atoms with Crippen LogP contribution in [0.1, 0.15) is 22.8 Å². The molecule has 0 unspecified atom stereocenters. The van der Waals surface area contributed by atoms with E-state index in [1.807, 2.05) is 0 Å². The van der Waals surface area contributed by atoms with Crippen molar-refractivity contribution in [2.45, 2.75) is 13.0 Å². The minimum absolute atomic E-state index is 0.153. The summed E-state index contributed by atoms with van der Waals surface area (Å²) in [6.45, 7) is 1.42. The molecule has 0 saturated heterocycles. The first-order chi connectivity index (χ1) is 12.9. The number of carbonyl (C=O) groups excluding carboxylic acids is 1. The lowest BCUT2D eigenvalue weighted by Crippen LogP contribution is -2.22. The number of ether oxygens (including phenoxy) is 4. The number of hydrogen-bond donors (Lipinski definition) is 1. The van der Waals surface area contributed by atoms with Crippen LogP contribution in [-0.4, -0.2) is 37.2 Å². The molecule has 7 nitrogen and oxygen atoms in total. The van der Waals surface area contributed by atoms with E-state index in [-0.39, 0.29) is 11.5 Å². The first kappa shape index (κ1) is 18.3. The van der Waals surface area contributed by atoms with Gasteiger partial charge in [0.25, 0.3) is 0 Å². The van der Waals surface area contributed by atoms with Crippen LogP contribution in [0.5, 0.6) is 23.0 Å². The SMILES string of the molecule is COc1ccc(/C=C2\Oc3cc(O[C@H](C)C(=O)O)ccc3C2=O)cc1OC. The van der Waals surface area contributed by atoms with Crippen LogP contribution in [0.4, 0.5) is 0 Å². The number of rotatable bonds is 6. The van der Waals surface area contributed by atoms with Gasteiger partial charge in [0, 0.05) is 6.07 Å². The van der Waals surface area contributed by atoms with Crippen molar-refractivity contribution in [1.82, 2.24) is 0 Å². The lowest BCUT2D eigenvalue weighted by Gasteiger charge is -2.10. The largest absolute Gasteiger partial charge is 0.493 e. The summed E-state index contributed by atoms with van der Waals surface area (Å²) in [6, 6.07) is 9.83. The highest BCUT2D eigenvalue weighted by molar-refractivity contribution is 6.14. The van der Waals surface area contributed by atoms with Crippen LogP contribution in [-0.2, 0) is 4.79 Å². The summed E-state index contributed by atoms with van der Waals surface area (Å²) in [6.07, 6.45) is 0.590. The van der Waals surface area contributed by atoms with E-state index in [0.717, 1.165) is 0 Å². The number of allylic oxidation sites excluding steroid dienone is 1. The van der Waals surface area contributed by atoms with Gasteiger partial charge in [-0.05, 0) is 42.8 Å². The molecule has 27 heavy (non-hydrogen) atoms. The summed E-state index contributed by atoms with van der Waals surface area (Å²) >= 11 is 0. The molecule has 0 amide bonds. The lowest BCUT2D eigenvalue weighted by atomic mass is 10.1. The number of carboxylic acids is 1. The Morgan fingerprint density at radius 2 is 1.85 bits per heavy atom. The average molecular weight is 370 g/mol. The second kappa shape index (κ2) is 7.41. The van der Waals surface area contributed by atoms with Crippen LogP contribution in [0.3, 0.4) is 0 Å². The molecule has 0 saturated carbocycles. The maximum atomic E-state index is 12.5. The third-order valence-corrected chi connectivity index (χ3v) is 4.01. The first-order valence-electron chi connectivity index (χ1n) is 8.12. The molecule has 3 rings (SSSR count). The van der Waals surface area contributed by atoms with Crippen molar-refractivity contribution in [3.8, 4) is 23.0 Å². The molecule has 1 atom stereocenters. The fourth-order valence-corrected chi connectivity index (χ4v) is 2.59. The summed E-state index contributed by atoms with van der Waals surface area (Å²) in [5.74, 6) is 0.550. The van der Waals surface area contributed by atoms with Gasteiger partial charge in [-0.15, -0.1) is 0 Å². The Bertz CT molecular complexity index is 930. The van der Waals surface area contributed by atoms with Crippen molar-refractivity contribution < 1.29 is 33.6 Å². The van der Waals surface area contributed by atoms with E-state index in [0.29, 0.717) is 34.1 Å². The van der Waals surface area contributed by atoms with Gasteiger partial charge in [-0.3, -0.25) is 4.79 Å². The Hall–Kier alpha value is -3.48. The summed E-state index contributed by atoms with van der Waals surface area (Å²) < 4.78 is 21.4. The molecule has 1 aliphatic heterocycles. The van der Waals surface area contributed by atoms with Crippen LogP contribution in [0.2, 0.25) is 0 Å². The van der Waals surface area contributed by atoms with Gasteiger partial charge in [-0.1, -0.05) is 6.07 Å². The summed E-state index contributed by atoms with van der Waals surface area (Å²) in [5, 5.41) is 8.93. The number of fused-ring (bicyclic) bond motifs is 1.